The molecule has 0 radical (unpaired) electrons. The van der Waals surface area contributed by atoms with Crippen LogP contribution in [-0.4, -0.2) is 124 Å². The molecular formula is C30H50N2O12. The van der Waals surface area contributed by atoms with Crippen LogP contribution in [0.4, 0.5) is 0 Å². The molecule has 0 spiro atoms. The summed E-state index contributed by atoms with van der Waals surface area (Å²) in [5.41, 5.74) is 0. The first-order chi connectivity index (χ1) is 20.8. The van der Waals surface area contributed by atoms with Gasteiger partial charge in [-0.1, -0.05) is 39.8 Å². The van der Waals surface area contributed by atoms with E-state index in [1.54, 1.807) is 27.7 Å². The quantitative estimate of drug-likeness (QED) is 0.107. The number of ether oxygens (including phenoxy) is 4. The van der Waals surface area contributed by atoms with Crippen molar-refractivity contribution in [3.05, 3.63) is 12.2 Å². The molecule has 2 aliphatic heterocycles. The lowest BCUT2D eigenvalue weighted by Gasteiger charge is -2.47. The highest BCUT2D eigenvalue weighted by molar-refractivity contribution is 5.81. The number of hydrogen-bond donors (Lipinski definition) is 7. The molecule has 252 valence electrons. The zero-order chi connectivity index (χ0) is 32.6. The van der Waals surface area contributed by atoms with Crippen LogP contribution in [0.5, 0.6) is 0 Å². The molecular weight excluding hydrogens is 580 g/mol. The monoisotopic (exact) mass is 630 g/mol. The van der Waals surface area contributed by atoms with Crippen molar-refractivity contribution < 1.29 is 58.9 Å². The zero-order valence-corrected chi connectivity index (χ0v) is 25.9. The molecule has 0 saturated carbocycles. The van der Waals surface area contributed by atoms with Gasteiger partial charge in [0.25, 0.3) is 0 Å². The molecule has 0 aromatic rings. The van der Waals surface area contributed by atoms with Crippen LogP contribution in [0.1, 0.15) is 59.8 Å². The summed E-state index contributed by atoms with van der Waals surface area (Å²) in [5, 5.41) is 58.2. The predicted molar refractivity (Wildman–Crippen MR) is 155 cm³/mol. The minimum atomic E-state index is -1.73. The van der Waals surface area contributed by atoms with E-state index in [0.29, 0.717) is 0 Å². The van der Waals surface area contributed by atoms with Crippen molar-refractivity contribution >= 4 is 17.8 Å². The van der Waals surface area contributed by atoms with Gasteiger partial charge >= 0.3 is 5.97 Å². The van der Waals surface area contributed by atoms with Crippen LogP contribution in [0.3, 0.4) is 0 Å². The molecule has 0 aromatic heterocycles. The van der Waals surface area contributed by atoms with Crippen LogP contribution in [0.25, 0.3) is 0 Å². The molecule has 7 N–H and O–H groups in total. The summed E-state index contributed by atoms with van der Waals surface area (Å²) in [6, 6.07) is 0. The molecule has 14 heteroatoms. The second-order valence-corrected chi connectivity index (χ2v) is 12.5. The number of allylic oxidation sites excluding steroid dienone is 2. The summed E-state index contributed by atoms with van der Waals surface area (Å²) in [7, 11) is 0. The maximum Gasteiger partial charge on any atom is 0.335 e. The first kappa shape index (κ1) is 36.3. The normalized spacial score (nSPS) is 37.2. The molecule has 0 aromatic carbocycles. The number of nitrogens with one attached hydrogen (secondary N) is 2. The van der Waals surface area contributed by atoms with Gasteiger partial charge < -0.3 is 55.1 Å². The Morgan fingerprint density at radius 3 is 2.18 bits per heavy atom. The van der Waals surface area contributed by atoms with Crippen LogP contribution >= 0.6 is 0 Å². The van der Waals surface area contributed by atoms with Crippen LogP contribution in [-0.2, 0) is 33.3 Å². The van der Waals surface area contributed by atoms with Crippen LogP contribution in [0.2, 0.25) is 0 Å². The average molecular weight is 631 g/mol. The second-order valence-electron chi connectivity index (χ2n) is 12.5. The number of amides is 2. The van der Waals surface area contributed by atoms with Gasteiger partial charge in [0.05, 0.1) is 18.3 Å². The van der Waals surface area contributed by atoms with Crippen LogP contribution in [0, 0.1) is 17.8 Å². The van der Waals surface area contributed by atoms with Crippen molar-refractivity contribution in [2.45, 2.75) is 121 Å². The van der Waals surface area contributed by atoms with Crippen molar-refractivity contribution in [3.63, 3.8) is 0 Å². The first-order valence-electron chi connectivity index (χ1n) is 15.6. The van der Waals surface area contributed by atoms with Gasteiger partial charge in [-0.3, -0.25) is 9.59 Å². The highest BCUT2D eigenvalue weighted by Gasteiger charge is 2.54. The number of hydrogen-bond acceptors (Lipinski definition) is 11. The lowest BCUT2D eigenvalue weighted by molar-refractivity contribution is -0.330. The summed E-state index contributed by atoms with van der Waals surface area (Å²) in [6.45, 7) is 6.90. The van der Waals surface area contributed by atoms with E-state index in [9.17, 15) is 39.9 Å². The van der Waals surface area contributed by atoms with Crippen molar-refractivity contribution in [1.82, 2.24) is 10.6 Å². The molecule has 14 nitrogen and oxygen atoms in total. The van der Waals surface area contributed by atoms with Crippen LogP contribution < -0.4 is 10.6 Å². The number of aliphatic hydroxyl groups is 4. The number of carbonyl (C=O) groups is 3. The van der Waals surface area contributed by atoms with Gasteiger partial charge in [0.2, 0.25) is 11.8 Å². The van der Waals surface area contributed by atoms with E-state index in [-0.39, 0.29) is 43.5 Å². The Morgan fingerprint density at radius 1 is 0.841 bits per heavy atom. The van der Waals surface area contributed by atoms with E-state index in [1.165, 1.54) is 0 Å². The molecule has 11 atom stereocenters. The third kappa shape index (κ3) is 9.42. The molecule has 2 saturated heterocycles. The fraction of sp³-hybridized carbons (Fsp3) is 0.833. The Hall–Kier alpha value is -2.17. The number of carboxylic acids is 1. The van der Waals surface area contributed by atoms with E-state index >= 15 is 0 Å². The van der Waals surface area contributed by atoms with Crippen molar-refractivity contribution in [2.24, 2.45) is 17.8 Å². The summed E-state index contributed by atoms with van der Waals surface area (Å²) < 4.78 is 22.7. The maximum absolute atomic E-state index is 13.2. The fourth-order valence-electron chi connectivity index (χ4n) is 5.95. The van der Waals surface area contributed by atoms with Crippen molar-refractivity contribution in [2.75, 3.05) is 19.7 Å². The van der Waals surface area contributed by atoms with E-state index in [2.05, 4.69) is 22.8 Å². The summed E-state index contributed by atoms with van der Waals surface area (Å²) in [5.74, 6) is -3.97. The van der Waals surface area contributed by atoms with Crippen molar-refractivity contribution in [3.8, 4) is 0 Å². The van der Waals surface area contributed by atoms with Gasteiger partial charge in [-0.15, -0.1) is 0 Å². The van der Waals surface area contributed by atoms with Gasteiger partial charge in [0.1, 0.15) is 37.1 Å². The largest absolute Gasteiger partial charge is 0.479 e. The summed E-state index contributed by atoms with van der Waals surface area (Å²) in [6.07, 6.45) is -4.95. The van der Waals surface area contributed by atoms with Crippen LogP contribution in [0.15, 0.2) is 12.2 Å². The molecule has 44 heavy (non-hydrogen) atoms. The predicted octanol–water partition coefficient (Wildman–Crippen LogP) is -0.542. The van der Waals surface area contributed by atoms with Gasteiger partial charge in [0, 0.05) is 19.0 Å². The second kappa shape index (κ2) is 16.9. The van der Waals surface area contributed by atoms with E-state index in [0.717, 1.165) is 32.1 Å². The standard InChI is InChI=1S/C30H50N2O12/c1-15(2)19-20(34)23(37)30(44-26-22(36)21(35)24(16(3)4)42-27(26)29(39)40)43-25(19)28(38)32-13-12-31-18(33)14-41-17-10-8-6-5-7-9-11-17/h5-6,15-17,19-27,30,34-37H,7-14H2,1-4H3,(H,31,33)(H,32,38)(H,39,40)/b6-5+/t17-,19-,20-,21?,22+,23?,24-,25?,26+,27?,30-/m0/s1. The van der Waals surface area contributed by atoms with E-state index < -0.39 is 72.9 Å². The molecule has 3 rings (SSSR count). The Bertz CT molecular complexity index is 978. The average Bonchev–Trinajstić information content (AvgIpc) is 2.94. The number of rotatable bonds is 12. The first-order valence-corrected chi connectivity index (χ1v) is 15.6. The third-order valence-electron chi connectivity index (χ3n) is 8.41. The highest BCUT2D eigenvalue weighted by atomic mass is 16.7. The zero-order valence-electron chi connectivity index (χ0n) is 25.9. The molecule has 0 bridgehead atoms. The Balaban J connectivity index is 1.58. The fourth-order valence-corrected chi connectivity index (χ4v) is 5.95. The number of aliphatic hydroxyl groups excluding tert-OH is 4. The minimum absolute atomic E-state index is 0.0192. The number of carbonyl (C=O) groups excluding carboxylic acids is 2. The van der Waals surface area contributed by atoms with E-state index in [4.69, 9.17) is 18.9 Å². The maximum atomic E-state index is 13.2. The SMILES string of the molecule is CC(C)[C@@H]1OC(C(=O)O)[C@H](O[C@@H]2OC(C(=O)NCCNC(=O)CO[C@H]3CC/C=C/CCC3)[C@@H](C(C)C)[C@H](O)C2O)[C@H](O)C1O. The Labute approximate surface area is 258 Å². The lowest BCUT2D eigenvalue weighted by Crippen LogP contribution is -2.66. The van der Waals surface area contributed by atoms with E-state index in [1.807, 2.05) is 0 Å². The Morgan fingerprint density at radius 2 is 1.52 bits per heavy atom. The number of aliphatic carboxylic acids is 1. The summed E-state index contributed by atoms with van der Waals surface area (Å²) in [4.78, 5) is 37.5. The van der Waals surface area contributed by atoms with Crippen molar-refractivity contribution in [1.29, 1.82) is 0 Å². The van der Waals surface area contributed by atoms with Gasteiger partial charge in [-0.25, -0.2) is 4.79 Å². The molecule has 2 heterocycles. The van der Waals surface area contributed by atoms with Gasteiger partial charge in [0.15, 0.2) is 12.4 Å². The molecule has 3 aliphatic rings. The summed E-state index contributed by atoms with van der Waals surface area (Å²) >= 11 is 0. The lowest BCUT2D eigenvalue weighted by atomic mass is 9.80. The Kier molecular flexibility index (Phi) is 14.0. The minimum Gasteiger partial charge on any atom is -0.479 e. The smallest absolute Gasteiger partial charge is 0.335 e. The number of carboxylic acid groups (broad SMARTS) is 1. The molecule has 4 unspecified atom stereocenters. The highest BCUT2D eigenvalue weighted by Crippen LogP contribution is 2.35. The van der Waals surface area contributed by atoms with Gasteiger partial charge in [-0.2, -0.15) is 0 Å². The molecule has 1 aliphatic carbocycles. The topological polar surface area (TPSA) is 213 Å². The molecule has 2 amide bonds. The van der Waals surface area contributed by atoms with Gasteiger partial charge in [-0.05, 0) is 43.9 Å². The third-order valence-corrected chi connectivity index (χ3v) is 8.41. The molecule has 2 fully saturated rings.